The summed E-state index contributed by atoms with van der Waals surface area (Å²) in [5, 5.41) is 2.71. The summed E-state index contributed by atoms with van der Waals surface area (Å²) in [4.78, 5) is 12.3. The number of halogens is 1. The second-order valence-corrected chi connectivity index (χ2v) is 7.93. The van der Waals surface area contributed by atoms with Crippen LogP contribution in [0.5, 0.6) is 0 Å². The minimum Gasteiger partial charge on any atom is -0.329 e. The van der Waals surface area contributed by atoms with E-state index in [0.717, 1.165) is 4.31 Å². The van der Waals surface area contributed by atoms with Gasteiger partial charge in [0.1, 0.15) is 0 Å². The molecule has 0 aliphatic carbocycles. The Kier molecular flexibility index (Phi) is 7.02. The van der Waals surface area contributed by atoms with Crippen LogP contribution in [0, 0.1) is 12.3 Å². The van der Waals surface area contributed by atoms with Crippen LogP contribution in [0.4, 0.5) is 5.69 Å². The smallest absolute Gasteiger partial charge is 0.242 e. The number of carbonyl (C=O) groups is 1. The quantitative estimate of drug-likeness (QED) is 0.844. The third kappa shape index (κ3) is 4.42. The molecule has 0 atom stereocenters. The van der Waals surface area contributed by atoms with E-state index in [1.807, 2.05) is 0 Å². The number of rotatable bonds is 5. The van der Waals surface area contributed by atoms with E-state index in [1.165, 1.54) is 20.2 Å². The second-order valence-electron chi connectivity index (χ2n) is 5.81. The van der Waals surface area contributed by atoms with Gasteiger partial charge in [-0.2, -0.15) is 0 Å². The zero-order chi connectivity index (χ0) is 16.4. The van der Waals surface area contributed by atoms with Crippen molar-refractivity contribution in [1.82, 2.24) is 4.31 Å². The summed E-state index contributed by atoms with van der Waals surface area (Å²) in [7, 11) is -0.610. The normalized spacial score (nSPS) is 12.0. The van der Waals surface area contributed by atoms with Gasteiger partial charge in [0.2, 0.25) is 15.9 Å². The average molecular weight is 350 g/mol. The standard InChI is InChI=1S/C14H23N3O3S.ClH/c1-10-6-7-11(16-13(18)14(2,3)9-15)8-12(10)21(19,20)17(4)5;/h6-8H,9,15H2,1-5H3,(H,16,18);1H. The average Bonchev–Trinajstić information content (AvgIpc) is 2.40. The summed E-state index contributed by atoms with van der Waals surface area (Å²) in [6, 6.07) is 4.81. The van der Waals surface area contributed by atoms with E-state index in [2.05, 4.69) is 5.32 Å². The fraction of sp³-hybridized carbons (Fsp3) is 0.500. The molecule has 3 N–H and O–H groups in total. The molecule has 0 saturated carbocycles. The molecule has 0 aliphatic rings. The largest absolute Gasteiger partial charge is 0.329 e. The van der Waals surface area contributed by atoms with Crippen molar-refractivity contribution in [3.05, 3.63) is 23.8 Å². The first-order chi connectivity index (χ1) is 9.52. The van der Waals surface area contributed by atoms with E-state index in [-0.39, 0.29) is 29.8 Å². The van der Waals surface area contributed by atoms with Crippen LogP contribution in [0.2, 0.25) is 0 Å². The molecule has 1 aromatic carbocycles. The van der Waals surface area contributed by atoms with Crippen molar-refractivity contribution in [3.8, 4) is 0 Å². The number of nitrogens with two attached hydrogens (primary N) is 1. The van der Waals surface area contributed by atoms with Crippen LogP contribution in [-0.2, 0) is 14.8 Å². The Hall–Kier alpha value is -1.15. The molecule has 0 aliphatic heterocycles. The zero-order valence-electron chi connectivity index (χ0n) is 13.5. The van der Waals surface area contributed by atoms with Gasteiger partial charge in [-0.15, -0.1) is 12.4 Å². The summed E-state index contributed by atoms with van der Waals surface area (Å²) >= 11 is 0. The highest BCUT2D eigenvalue weighted by atomic mass is 35.5. The van der Waals surface area contributed by atoms with E-state index in [0.29, 0.717) is 11.3 Å². The highest BCUT2D eigenvalue weighted by Crippen LogP contribution is 2.24. The summed E-state index contributed by atoms with van der Waals surface area (Å²) in [6.45, 7) is 5.38. The number of hydrogen-bond donors (Lipinski definition) is 2. The lowest BCUT2D eigenvalue weighted by molar-refractivity contribution is -0.123. The third-order valence-corrected chi connectivity index (χ3v) is 5.29. The molecule has 0 unspecified atom stereocenters. The Morgan fingerprint density at radius 1 is 1.32 bits per heavy atom. The van der Waals surface area contributed by atoms with Crippen LogP contribution in [0.25, 0.3) is 0 Å². The molecule has 6 nitrogen and oxygen atoms in total. The minimum absolute atomic E-state index is 0. The van der Waals surface area contributed by atoms with Gasteiger partial charge in [-0.1, -0.05) is 6.07 Å². The van der Waals surface area contributed by atoms with E-state index in [4.69, 9.17) is 5.73 Å². The van der Waals surface area contributed by atoms with Crippen LogP contribution < -0.4 is 11.1 Å². The summed E-state index contributed by atoms with van der Waals surface area (Å²) < 4.78 is 25.6. The molecule has 126 valence electrons. The first-order valence-electron chi connectivity index (χ1n) is 6.57. The van der Waals surface area contributed by atoms with Crippen LogP contribution in [0.3, 0.4) is 0 Å². The lowest BCUT2D eigenvalue weighted by atomic mass is 9.92. The summed E-state index contributed by atoms with van der Waals surface area (Å²) in [5.41, 5.74) is 5.91. The number of nitrogens with zero attached hydrogens (tertiary/aromatic N) is 1. The van der Waals surface area contributed by atoms with Gasteiger partial charge in [-0.05, 0) is 38.5 Å². The number of aryl methyl sites for hydroxylation is 1. The molecule has 0 saturated heterocycles. The van der Waals surface area contributed by atoms with E-state index >= 15 is 0 Å². The minimum atomic E-state index is -3.55. The summed E-state index contributed by atoms with van der Waals surface area (Å²) in [6.07, 6.45) is 0. The van der Waals surface area contributed by atoms with Crippen molar-refractivity contribution >= 4 is 34.0 Å². The van der Waals surface area contributed by atoms with E-state index < -0.39 is 15.4 Å². The maximum Gasteiger partial charge on any atom is 0.242 e. The van der Waals surface area contributed by atoms with Crippen molar-refractivity contribution in [2.45, 2.75) is 25.7 Å². The molecule has 22 heavy (non-hydrogen) atoms. The molecule has 1 amide bonds. The van der Waals surface area contributed by atoms with E-state index in [9.17, 15) is 13.2 Å². The predicted octanol–water partition coefficient (Wildman–Crippen LogP) is 1.59. The molecule has 0 bridgehead atoms. The Morgan fingerprint density at radius 3 is 2.32 bits per heavy atom. The second kappa shape index (κ2) is 7.41. The molecule has 1 aromatic rings. The van der Waals surface area contributed by atoms with Crippen LogP contribution in [0.15, 0.2) is 23.1 Å². The van der Waals surface area contributed by atoms with Gasteiger partial charge >= 0.3 is 0 Å². The van der Waals surface area contributed by atoms with Crippen LogP contribution in [0.1, 0.15) is 19.4 Å². The van der Waals surface area contributed by atoms with Crippen LogP contribution >= 0.6 is 12.4 Å². The zero-order valence-corrected chi connectivity index (χ0v) is 15.1. The van der Waals surface area contributed by atoms with Gasteiger partial charge in [0.15, 0.2) is 0 Å². The highest BCUT2D eigenvalue weighted by molar-refractivity contribution is 7.89. The van der Waals surface area contributed by atoms with Crippen molar-refractivity contribution < 1.29 is 13.2 Å². The number of hydrogen-bond acceptors (Lipinski definition) is 4. The number of carbonyl (C=O) groups excluding carboxylic acids is 1. The molecule has 0 radical (unpaired) electrons. The molecule has 0 heterocycles. The van der Waals surface area contributed by atoms with Crippen molar-refractivity contribution in [2.24, 2.45) is 11.1 Å². The van der Waals surface area contributed by atoms with Gasteiger partial charge < -0.3 is 11.1 Å². The number of amides is 1. The van der Waals surface area contributed by atoms with E-state index in [1.54, 1.807) is 32.9 Å². The predicted molar refractivity (Wildman–Crippen MR) is 90.8 cm³/mol. The Balaban J connectivity index is 0.00000441. The molecule has 0 spiro atoms. The van der Waals surface area contributed by atoms with Crippen LogP contribution in [-0.4, -0.2) is 39.3 Å². The fourth-order valence-corrected chi connectivity index (χ4v) is 2.69. The Labute approximate surface area is 138 Å². The van der Waals surface area contributed by atoms with Crippen molar-refractivity contribution in [2.75, 3.05) is 26.0 Å². The van der Waals surface area contributed by atoms with Gasteiger partial charge in [-0.25, -0.2) is 12.7 Å². The van der Waals surface area contributed by atoms with Gasteiger partial charge in [-0.3, -0.25) is 4.79 Å². The fourth-order valence-electron chi connectivity index (χ4n) is 1.55. The summed E-state index contributed by atoms with van der Waals surface area (Å²) in [5.74, 6) is -0.248. The number of nitrogens with one attached hydrogen (secondary N) is 1. The lowest BCUT2D eigenvalue weighted by Crippen LogP contribution is -2.37. The maximum atomic E-state index is 12.2. The number of anilines is 1. The Bertz CT molecular complexity index is 643. The number of benzene rings is 1. The first kappa shape index (κ1) is 20.9. The van der Waals surface area contributed by atoms with Crippen molar-refractivity contribution in [1.29, 1.82) is 0 Å². The topological polar surface area (TPSA) is 92.5 Å². The molecule has 0 fully saturated rings. The maximum absolute atomic E-state index is 12.2. The number of sulfonamides is 1. The monoisotopic (exact) mass is 349 g/mol. The van der Waals surface area contributed by atoms with Gasteiger partial charge in [0, 0.05) is 26.3 Å². The SMILES string of the molecule is Cc1ccc(NC(=O)C(C)(C)CN)cc1S(=O)(=O)N(C)C.Cl. The third-order valence-electron chi connectivity index (χ3n) is 3.33. The molecule has 8 heteroatoms. The molecule has 0 aromatic heterocycles. The molecule has 1 rings (SSSR count). The van der Waals surface area contributed by atoms with Crippen molar-refractivity contribution in [3.63, 3.8) is 0 Å². The molecular weight excluding hydrogens is 326 g/mol. The molecular formula is C14H24ClN3O3S. The first-order valence-corrected chi connectivity index (χ1v) is 8.01. The van der Waals surface area contributed by atoms with Gasteiger partial charge in [0.05, 0.1) is 10.3 Å². The van der Waals surface area contributed by atoms with Gasteiger partial charge in [0.25, 0.3) is 0 Å². The Morgan fingerprint density at radius 2 is 1.86 bits per heavy atom. The highest BCUT2D eigenvalue weighted by Gasteiger charge is 2.26. The lowest BCUT2D eigenvalue weighted by Gasteiger charge is -2.22.